The Hall–Kier alpha value is -3.57. The highest BCUT2D eigenvalue weighted by molar-refractivity contribution is 7.80. The number of hydrogen-bond acceptors (Lipinski definition) is 5. The number of amides is 1. The lowest BCUT2D eigenvalue weighted by molar-refractivity contribution is -0.384. The number of nitriles is 1. The first-order valence-corrected chi connectivity index (χ1v) is 8.83. The molecule has 0 heterocycles. The standard InChI is InChI=1S/C20H18N4O3S/c21-12-5-13-23(15-17-6-2-1-3-7-17)20(28)22-19(25)11-10-16-8-4-9-18(14-16)24(26)27/h1-4,6-11,14H,5,13,15H2,(H,22,25,28)/b11-10+. The number of carbonyl (C=O) groups excluding carboxylic acids is 1. The van der Waals surface area contributed by atoms with E-state index >= 15 is 0 Å². The first kappa shape index (κ1) is 20.7. The van der Waals surface area contributed by atoms with E-state index in [4.69, 9.17) is 17.5 Å². The van der Waals surface area contributed by atoms with Crippen LogP contribution in [0.2, 0.25) is 0 Å². The van der Waals surface area contributed by atoms with Gasteiger partial charge in [-0.05, 0) is 29.4 Å². The fraction of sp³-hybridized carbons (Fsp3) is 0.150. The molecule has 0 aliphatic carbocycles. The van der Waals surface area contributed by atoms with Gasteiger partial charge in [0.2, 0.25) is 5.91 Å². The van der Waals surface area contributed by atoms with Crippen molar-refractivity contribution in [2.45, 2.75) is 13.0 Å². The number of carbonyl (C=O) groups is 1. The van der Waals surface area contributed by atoms with Gasteiger partial charge in [-0.1, -0.05) is 42.5 Å². The van der Waals surface area contributed by atoms with Gasteiger partial charge in [-0.25, -0.2) is 0 Å². The van der Waals surface area contributed by atoms with E-state index in [0.29, 0.717) is 18.7 Å². The largest absolute Gasteiger partial charge is 0.344 e. The summed E-state index contributed by atoms with van der Waals surface area (Å²) in [6.45, 7) is 0.856. The molecule has 1 N–H and O–H groups in total. The lowest BCUT2D eigenvalue weighted by Crippen LogP contribution is -2.42. The van der Waals surface area contributed by atoms with Crippen LogP contribution in [-0.2, 0) is 11.3 Å². The van der Waals surface area contributed by atoms with Crippen molar-refractivity contribution in [3.8, 4) is 6.07 Å². The van der Waals surface area contributed by atoms with Gasteiger partial charge in [-0.2, -0.15) is 5.26 Å². The van der Waals surface area contributed by atoms with Crippen LogP contribution in [-0.4, -0.2) is 27.4 Å². The number of nitro groups is 1. The summed E-state index contributed by atoms with van der Waals surface area (Å²) in [5.74, 6) is -0.452. The third-order valence-electron chi connectivity index (χ3n) is 3.74. The zero-order valence-electron chi connectivity index (χ0n) is 14.9. The molecule has 0 aromatic heterocycles. The van der Waals surface area contributed by atoms with Gasteiger partial charge in [-0.15, -0.1) is 0 Å². The van der Waals surface area contributed by atoms with Crippen LogP contribution >= 0.6 is 12.2 Å². The number of thiocarbonyl (C=S) groups is 1. The van der Waals surface area contributed by atoms with Gasteiger partial charge in [0.1, 0.15) is 0 Å². The second-order valence-corrected chi connectivity index (χ2v) is 6.18. The first-order valence-electron chi connectivity index (χ1n) is 8.43. The van der Waals surface area contributed by atoms with Crippen LogP contribution in [0.4, 0.5) is 5.69 Å². The minimum absolute atomic E-state index is 0.0522. The average molecular weight is 394 g/mol. The molecule has 0 saturated heterocycles. The topological polar surface area (TPSA) is 99.3 Å². The van der Waals surface area contributed by atoms with Crippen LogP contribution in [0.1, 0.15) is 17.5 Å². The van der Waals surface area contributed by atoms with Crippen molar-refractivity contribution >= 4 is 35.0 Å². The summed E-state index contributed by atoms with van der Waals surface area (Å²) in [6.07, 6.45) is 3.00. The van der Waals surface area contributed by atoms with Crippen molar-refractivity contribution in [1.82, 2.24) is 10.2 Å². The van der Waals surface area contributed by atoms with Gasteiger partial charge in [0.05, 0.1) is 17.4 Å². The molecular weight excluding hydrogens is 376 g/mol. The summed E-state index contributed by atoms with van der Waals surface area (Å²) in [6, 6.07) is 17.6. The molecule has 0 saturated carbocycles. The predicted molar refractivity (Wildman–Crippen MR) is 110 cm³/mol. The number of nitro benzene ring substituents is 1. The van der Waals surface area contributed by atoms with Gasteiger partial charge in [-0.3, -0.25) is 20.2 Å². The summed E-state index contributed by atoms with van der Waals surface area (Å²) in [7, 11) is 0. The molecule has 0 bridgehead atoms. The molecule has 2 rings (SSSR count). The van der Waals surface area contributed by atoms with Gasteiger partial charge >= 0.3 is 0 Å². The third-order valence-corrected chi connectivity index (χ3v) is 4.10. The number of hydrogen-bond donors (Lipinski definition) is 1. The van der Waals surface area contributed by atoms with E-state index in [1.54, 1.807) is 17.0 Å². The summed E-state index contributed by atoms with van der Waals surface area (Å²) in [4.78, 5) is 24.2. The van der Waals surface area contributed by atoms with Gasteiger partial charge in [0, 0.05) is 31.3 Å². The van der Waals surface area contributed by atoms with Crippen molar-refractivity contribution < 1.29 is 9.72 Å². The molecule has 0 atom stereocenters. The molecule has 7 nitrogen and oxygen atoms in total. The van der Waals surface area contributed by atoms with E-state index in [2.05, 4.69) is 11.4 Å². The summed E-state index contributed by atoms with van der Waals surface area (Å²) >= 11 is 5.31. The quantitative estimate of drug-likeness (QED) is 0.334. The van der Waals surface area contributed by atoms with E-state index in [0.717, 1.165) is 5.56 Å². The van der Waals surface area contributed by atoms with Crippen molar-refractivity contribution in [1.29, 1.82) is 5.26 Å². The highest BCUT2D eigenvalue weighted by Crippen LogP contribution is 2.14. The molecule has 0 unspecified atom stereocenters. The number of benzene rings is 2. The molecule has 0 aliphatic heterocycles. The molecule has 0 spiro atoms. The molecule has 0 radical (unpaired) electrons. The van der Waals surface area contributed by atoms with Crippen LogP contribution in [0, 0.1) is 21.4 Å². The lowest BCUT2D eigenvalue weighted by Gasteiger charge is -2.24. The van der Waals surface area contributed by atoms with Crippen LogP contribution in [0.5, 0.6) is 0 Å². The summed E-state index contributed by atoms with van der Waals surface area (Å²) < 4.78 is 0. The molecule has 142 valence electrons. The molecule has 8 heteroatoms. The van der Waals surface area contributed by atoms with Gasteiger partial charge < -0.3 is 4.90 Å². The maximum atomic E-state index is 12.2. The normalized spacial score (nSPS) is 10.2. The van der Waals surface area contributed by atoms with E-state index in [1.807, 2.05) is 30.3 Å². The number of nitrogens with zero attached hydrogens (tertiary/aromatic N) is 3. The SMILES string of the molecule is N#CCCN(Cc1ccccc1)C(=S)NC(=O)/C=C/c1cccc([N+](=O)[O-])c1. The van der Waals surface area contributed by atoms with Crippen LogP contribution in [0.3, 0.4) is 0 Å². The zero-order valence-corrected chi connectivity index (χ0v) is 15.8. The Balaban J connectivity index is 2.01. The number of rotatable bonds is 7. The molecule has 0 aliphatic rings. The first-order chi connectivity index (χ1) is 13.5. The van der Waals surface area contributed by atoms with E-state index in [1.165, 1.54) is 24.3 Å². The van der Waals surface area contributed by atoms with Crippen LogP contribution < -0.4 is 5.32 Å². The minimum Gasteiger partial charge on any atom is -0.344 e. The minimum atomic E-state index is -0.497. The fourth-order valence-corrected chi connectivity index (χ4v) is 2.64. The maximum Gasteiger partial charge on any atom is 0.270 e. The molecule has 28 heavy (non-hydrogen) atoms. The second kappa shape index (κ2) is 10.5. The zero-order chi connectivity index (χ0) is 20.4. The highest BCUT2D eigenvalue weighted by atomic mass is 32.1. The Morgan fingerprint density at radius 1 is 1.25 bits per heavy atom. The number of non-ortho nitro benzene ring substituents is 1. The third kappa shape index (κ3) is 6.63. The Morgan fingerprint density at radius 3 is 2.68 bits per heavy atom. The van der Waals surface area contributed by atoms with Crippen LogP contribution in [0.15, 0.2) is 60.7 Å². The van der Waals surface area contributed by atoms with Crippen molar-refractivity contribution in [3.63, 3.8) is 0 Å². The molecule has 2 aromatic rings. The number of nitrogens with one attached hydrogen (secondary N) is 1. The Morgan fingerprint density at radius 2 is 2.00 bits per heavy atom. The molecule has 0 fully saturated rings. The van der Waals surface area contributed by atoms with E-state index < -0.39 is 10.8 Å². The Labute approximate surface area is 168 Å². The predicted octanol–water partition coefficient (Wildman–Crippen LogP) is 3.42. The van der Waals surface area contributed by atoms with Crippen LogP contribution in [0.25, 0.3) is 6.08 Å². The monoisotopic (exact) mass is 394 g/mol. The molecule has 1 amide bonds. The average Bonchev–Trinajstić information content (AvgIpc) is 2.70. The lowest BCUT2D eigenvalue weighted by atomic mass is 10.2. The van der Waals surface area contributed by atoms with Crippen molar-refractivity contribution in [2.24, 2.45) is 0 Å². The van der Waals surface area contributed by atoms with Crippen molar-refractivity contribution in [3.05, 3.63) is 81.9 Å². The fourth-order valence-electron chi connectivity index (χ4n) is 2.38. The van der Waals surface area contributed by atoms with Crippen molar-refractivity contribution in [2.75, 3.05) is 6.54 Å². The summed E-state index contributed by atoms with van der Waals surface area (Å²) in [5.41, 5.74) is 1.48. The van der Waals surface area contributed by atoms with Gasteiger partial charge in [0.15, 0.2) is 5.11 Å². The maximum absolute atomic E-state index is 12.2. The molecular formula is C20H18N4O3S. The Bertz CT molecular complexity index is 923. The van der Waals surface area contributed by atoms with Gasteiger partial charge in [0.25, 0.3) is 5.69 Å². The van der Waals surface area contributed by atoms with E-state index in [-0.39, 0.29) is 17.2 Å². The van der Waals surface area contributed by atoms with E-state index in [9.17, 15) is 14.9 Å². The Kier molecular flexibility index (Phi) is 7.81. The highest BCUT2D eigenvalue weighted by Gasteiger charge is 2.12. The molecule has 2 aromatic carbocycles. The smallest absolute Gasteiger partial charge is 0.270 e. The summed E-state index contributed by atoms with van der Waals surface area (Å²) in [5, 5.41) is 22.5. The second-order valence-electron chi connectivity index (χ2n) is 5.80.